The van der Waals surface area contributed by atoms with E-state index in [0.717, 1.165) is 0 Å². The quantitative estimate of drug-likeness (QED) is 0.854. The smallest absolute Gasteiger partial charge is 0.166 e. The Bertz CT molecular complexity index is 388. The molecule has 0 aliphatic heterocycles. The molecule has 2 nitrogen and oxygen atoms in total. The van der Waals surface area contributed by atoms with Crippen LogP contribution in [0.5, 0.6) is 5.75 Å². The lowest BCUT2D eigenvalue weighted by atomic mass is 10.0. The molecule has 1 rings (SSSR count). The van der Waals surface area contributed by atoms with Crippen molar-refractivity contribution in [1.82, 2.24) is 0 Å². The summed E-state index contributed by atoms with van der Waals surface area (Å²) in [4.78, 5) is 11.7. The lowest BCUT2D eigenvalue weighted by molar-refractivity contribution is 0.0965. The number of rotatable bonds is 3. The van der Waals surface area contributed by atoms with Gasteiger partial charge in [0.15, 0.2) is 5.78 Å². The molecule has 0 atom stereocenters. The van der Waals surface area contributed by atoms with Gasteiger partial charge in [0, 0.05) is 10.9 Å². The van der Waals surface area contributed by atoms with Crippen LogP contribution in [0.3, 0.4) is 0 Å². The second kappa shape index (κ2) is 4.99. The fourth-order valence-electron chi connectivity index (χ4n) is 1.26. The number of phenolic OH excluding ortho intramolecular Hbond substituents is 1. The Hall–Kier alpha value is -0.540. The Balaban J connectivity index is 3.08. The second-order valence-electron chi connectivity index (χ2n) is 3.80. The zero-order valence-corrected chi connectivity index (χ0v) is 10.9. The predicted octanol–water partition coefficient (Wildman–Crippen LogP) is 4.04. The van der Waals surface area contributed by atoms with E-state index in [1.165, 1.54) is 0 Å². The summed E-state index contributed by atoms with van der Waals surface area (Å²) >= 11 is 9.00. The van der Waals surface area contributed by atoms with E-state index in [1.54, 1.807) is 12.1 Å². The number of carbonyl (C=O) groups is 1. The van der Waals surface area contributed by atoms with Gasteiger partial charge < -0.3 is 5.11 Å². The molecule has 4 heteroatoms. The zero-order valence-electron chi connectivity index (χ0n) is 8.55. The van der Waals surface area contributed by atoms with Crippen molar-refractivity contribution >= 4 is 33.3 Å². The van der Waals surface area contributed by atoms with Gasteiger partial charge in [-0.05, 0) is 18.1 Å². The third-order valence-corrected chi connectivity index (χ3v) is 2.67. The highest BCUT2D eigenvalue weighted by Gasteiger charge is 2.15. The lowest BCUT2D eigenvalue weighted by Crippen LogP contribution is -2.04. The molecule has 15 heavy (non-hydrogen) atoms. The van der Waals surface area contributed by atoms with Crippen molar-refractivity contribution in [1.29, 1.82) is 0 Å². The normalized spacial score (nSPS) is 10.7. The molecule has 0 aliphatic rings. The maximum atomic E-state index is 11.7. The summed E-state index contributed by atoms with van der Waals surface area (Å²) in [5.74, 6) is 0.0332. The van der Waals surface area contributed by atoms with Gasteiger partial charge in [-0.3, -0.25) is 4.79 Å². The maximum absolute atomic E-state index is 11.7. The molecule has 0 aromatic heterocycles. The van der Waals surface area contributed by atoms with Gasteiger partial charge in [-0.25, -0.2) is 0 Å². The van der Waals surface area contributed by atoms with Crippen LogP contribution in [-0.2, 0) is 0 Å². The minimum atomic E-state index is -0.134. The molecule has 0 amide bonds. The molecule has 1 aromatic carbocycles. The average molecular weight is 292 g/mol. The highest BCUT2D eigenvalue weighted by Crippen LogP contribution is 2.32. The Morgan fingerprint density at radius 1 is 1.53 bits per heavy atom. The molecule has 0 aliphatic carbocycles. The molecule has 1 N–H and O–H groups in total. The number of Topliss-reactive ketones (excluding diaryl/α,β-unsaturated/α-hetero) is 1. The molecule has 82 valence electrons. The standard InChI is InChI=1S/C11H12BrClO2/c1-6(2)3-10(14)8-4-7(12)5-9(13)11(8)15/h4-6,15H,3H2,1-2H3. The number of halogens is 2. The Morgan fingerprint density at radius 2 is 2.13 bits per heavy atom. The molecular weight excluding hydrogens is 279 g/mol. The third kappa shape index (κ3) is 3.21. The number of carbonyl (C=O) groups excluding carboxylic acids is 1. The van der Waals surface area contributed by atoms with Gasteiger partial charge in [-0.2, -0.15) is 0 Å². The largest absolute Gasteiger partial charge is 0.506 e. The Kier molecular flexibility index (Phi) is 4.17. The third-order valence-electron chi connectivity index (χ3n) is 1.92. The molecule has 0 heterocycles. The minimum Gasteiger partial charge on any atom is -0.506 e. The van der Waals surface area contributed by atoms with Gasteiger partial charge >= 0.3 is 0 Å². The van der Waals surface area contributed by atoms with Crippen molar-refractivity contribution in [2.75, 3.05) is 0 Å². The van der Waals surface area contributed by atoms with Crippen LogP contribution in [0.25, 0.3) is 0 Å². The molecule has 0 fully saturated rings. The topological polar surface area (TPSA) is 37.3 Å². The van der Waals surface area contributed by atoms with Gasteiger partial charge in [0.2, 0.25) is 0 Å². The molecule has 0 saturated carbocycles. The van der Waals surface area contributed by atoms with Crippen LogP contribution in [0.4, 0.5) is 0 Å². The van der Waals surface area contributed by atoms with Gasteiger partial charge in [0.05, 0.1) is 10.6 Å². The summed E-state index contributed by atoms with van der Waals surface area (Å²) in [5, 5.41) is 9.82. The number of aromatic hydroxyl groups is 1. The fourth-order valence-corrected chi connectivity index (χ4v) is 2.07. The summed E-state index contributed by atoms with van der Waals surface area (Å²) < 4.78 is 0.692. The van der Waals surface area contributed by atoms with E-state index in [9.17, 15) is 9.90 Å². The van der Waals surface area contributed by atoms with Crippen LogP contribution >= 0.6 is 27.5 Å². The zero-order chi connectivity index (χ0) is 11.6. The summed E-state index contributed by atoms with van der Waals surface area (Å²) in [5.41, 5.74) is 0.281. The first-order valence-electron chi connectivity index (χ1n) is 4.63. The van der Waals surface area contributed by atoms with Gasteiger partial charge in [-0.1, -0.05) is 41.4 Å². The van der Waals surface area contributed by atoms with Gasteiger partial charge in [0.25, 0.3) is 0 Å². The summed E-state index contributed by atoms with van der Waals surface area (Å²) in [6.45, 7) is 3.91. The van der Waals surface area contributed by atoms with Crippen LogP contribution < -0.4 is 0 Å². The number of hydrogen-bond acceptors (Lipinski definition) is 2. The predicted molar refractivity (Wildman–Crippen MR) is 64.6 cm³/mol. The van der Waals surface area contributed by atoms with Crippen molar-refractivity contribution in [3.8, 4) is 5.75 Å². The van der Waals surface area contributed by atoms with E-state index < -0.39 is 0 Å². The molecule has 1 aromatic rings. The van der Waals surface area contributed by atoms with E-state index in [4.69, 9.17) is 11.6 Å². The Labute approximate surface area is 102 Å². The molecule has 0 bridgehead atoms. The number of phenols is 1. The van der Waals surface area contributed by atoms with E-state index >= 15 is 0 Å². The van der Waals surface area contributed by atoms with Gasteiger partial charge in [-0.15, -0.1) is 0 Å². The number of ketones is 1. The van der Waals surface area contributed by atoms with Crippen molar-refractivity contribution in [2.24, 2.45) is 5.92 Å². The number of hydrogen-bond donors (Lipinski definition) is 1. The SMILES string of the molecule is CC(C)CC(=O)c1cc(Br)cc(Cl)c1O. The van der Waals surface area contributed by atoms with Crippen LogP contribution in [0.15, 0.2) is 16.6 Å². The lowest BCUT2D eigenvalue weighted by Gasteiger charge is -2.08. The summed E-state index contributed by atoms with van der Waals surface area (Å²) in [6, 6.07) is 3.15. The second-order valence-corrected chi connectivity index (χ2v) is 5.13. The van der Waals surface area contributed by atoms with Crippen LogP contribution in [0.1, 0.15) is 30.6 Å². The van der Waals surface area contributed by atoms with E-state index in [2.05, 4.69) is 15.9 Å². The average Bonchev–Trinajstić information content (AvgIpc) is 2.09. The van der Waals surface area contributed by atoms with Crippen molar-refractivity contribution in [2.45, 2.75) is 20.3 Å². The molecule has 0 radical (unpaired) electrons. The molecule has 0 unspecified atom stereocenters. The van der Waals surface area contributed by atoms with E-state index in [0.29, 0.717) is 10.9 Å². The highest BCUT2D eigenvalue weighted by atomic mass is 79.9. The molecule has 0 spiro atoms. The van der Waals surface area contributed by atoms with Crippen LogP contribution in [0, 0.1) is 5.92 Å². The van der Waals surface area contributed by atoms with Crippen LogP contribution in [-0.4, -0.2) is 10.9 Å². The maximum Gasteiger partial charge on any atom is 0.166 e. The molecular formula is C11H12BrClO2. The minimum absolute atomic E-state index is 0.0919. The highest BCUT2D eigenvalue weighted by molar-refractivity contribution is 9.10. The summed E-state index contributed by atoms with van der Waals surface area (Å²) in [7, 11) is 0. The summed E-state index contributed by atoms with van der Waals surface area (Å²) in [6.07, 6.45) is 0.403. The molecule has 0 saturated heterocycles. The van der Waals surface area contributed by atoms with Crippen molar-refractivity contribution in [3.63, 3.8) is 0 Å². The first-order valence-corrected chi connectivity index (χ1v) is 5.80. The first-order chi connectivity index (χ1) is 6.91. The monoisotopic (exact) mass is 290 g/mol. The van der Waals surface area contributed by atoms with Crippen LogP contribution in [0.2, 0.25) is 5.02 Å². The van der Waals surface area contributed by atoms with Gasteiger partial charge in [0.1, 0.15) is 5.75 Å². The van der Waals surface area contributed by atoms with Crippen molar-refractivity contribution < 1.29 is 9.90 Å². The number of benzene rings is 1. The fraction of sp³-hybridized carbons (Fsp3) is 0.364. The van der Waals surface area contributed by atoms with E-state index in [-0.39, 0.29) is 28.0 Å². The first kappa shape index (κ1) is 12.5. The van der Waals surface area contributed by atoms with Crippen molar-refractivity contribution in [3.05, 3.63) is 27.2 Å². The van der Waals surface area contributed by atoms with E-state index in [1.807, 2.05) is 13.8 Å². The Morgan fingerprint density at radius 3 is 2.67 bits per heavy atom.